The zero-order chi connectivity index (χ0) is 12.6. The smallest absolute Gasteiger partial charge is 0.328 e. The van der Waals surface area contributed by atoms with Crippen molar-refractivity contribution in [1.29, 1.82) is 0 Å². The summed E-state index contributed by atoms with van der Waals surface area (Å²) in [6.07, 6.45) is 2.75. The molecular weight excluding hydrogens is 214 g/mol. The predicted molar refractivity (Wildman–Crippen MR) is 68.9 cm³/mol. The molecule has 0 fully saturated rings. The summed E-state index contributed by atoms with van der Waals surface area (Å²) in [5.74, 6) is -0.933. The Bertz CT molecular complexity index is 539. The number of hydrogen-bond donors (Lipinski definition) is 1. The van der Waals surface area contributed by atoms with Gasteiger partial charge < -0.3 is 5.11 Å². The Morgan fingerprint density at radius 3 is 2.76 bits per heavy atom. The molecule has 17 heavy (non-hydrogen) atoms. The van der Waals surface area contributed by atoms with E-state index in [-0.39, 0.29) is 5.41 Å². The van der Waals surface area contributed by atoms with Gasteiger partial charge in [-0.05, 0) is 36.3 Å². The van der Waals surface area contributed by atoms with Crippen molar-refractivity contribution >= 4 is 23.4 Å². The lowest BCUT2D eigenvalue weighted by molar-refractivity contribution is -0.131. The lowest BCUT2D eigenvalue weighted by Crippen LogP contribution is -2.22. The Labute approximate surface area is 101 Å². The van der Waals surface area contributed by atoms with Gasteiger partial charge in [-0.2, -0.15) is 0 Å². The molecule has 0 amide bonds. The number of benzene rings is 1. The highest BCUT2D eigenvalue weighted by Crippen LogP contribution is 2.40. The van der Waals surface area contributed by atoms with Gasteiger partial charge in [-0.25, -0.2) is 4.79 Å². The molecule has 0 spiro atoms. The van der Waals surface area contributed by atoms with Crippen LogP contribution < -0.4 is 0 Å². The molecule has 1 aromatic carbocycles. The summed E-state index contributed by atoms with van der Waals surface area (Å²) in [5, 5.41) is 8.60. The number of rotatable bonds is 2. The Balaban J connectivity index is 2.42. The number of nitrogens with zero attached hydrogens (tertiary/aromatic N) is 1. The first-order valence-electron chi connectivity index (χ1n) is 5.52. The predicted octanol–water partition coefficient (Wildman–Crippen LogP) is 3.17. The van der Waals surface area contributed by atoms with Crippen LogP contribution in [-0.2, 0) is 10.2 Å². The molecular formula is C14H15NO2. The van der Waals surface area contributed by atoms with Gasteiger partial charge in [-0.15, -0.1) is 0 Å². The molecule has 0 saturated heterocycles. The van der Waals surface area contributed by atoms with Crippen molar-refractivity contribution in [3.63, 3.8) is 0 Å². The Hall–Kier alpha value is -1.90. The third-order valence-electron chi connectivity index (χ3n) is 3.30. The van der Waals surface area contributed by atoms with Gasteiger partial charge in [0.25, 0.3) is 0 Å². The monoisotopic (exact) mass is 229 g/mol. The highest BCUT2D eigenvalue weighted by atomic mass is 16.4. The second-order valence-electron chi connectivity index (χ2n) is 4.77. The van der Waals surface area contributed by atoms with Crippen LogP contribution in [0.4, 0.5) is 5.69 Å². The van der Waals surface area contributed by atoms with Crippen LogP contribution in [0.5, 0.6) is 0 Å². The SMILES string of the molecule is CC1=Nc2ccc(/C=C/C(=O)O)cc2C1(C)C. The van der Waals surface area contributed by atoms with Crippen LogP contribution in [-0.4, -0.2) is 16.8 Å². The van der Waals surface area contributed by atoms with E-state index in [2.05, 4.69) is 18.8 Å². The maximum absolute atomic E-state index is 10.5. The molecule has 0 aliphatic carbocycles. The Kier molecular flexibility index (Phi) is 2.62. The summed E-state index contributed by atoms with van der Waals surface area (Å²) in [6.45, 7) is 6.28. The standard InChI is InChI=1S/C14H15NO2/c1-9-14(2,3)11-8-10(5-7-13(16)17)4-6-12(11)15-9/h4-8H,1-3H3,(H,16,17)/b7-5+. The van der Waals surface area contributed by atoms with Gasteiger partial charge in [0.1, 0.15) is 0 Å². The number of hydrogen-bond acceptors (Lipinski definition) is 2. The molecule has 0 saturated carbocycles. The molecule has 2 rings (SSSR count). The number of carbonyl (C=O) groups is 1. The number of aliphatic imine (C=N–C) groups is 1. The second kappa shape index (κ2) is 3.84. The average Bonchev–Trinajstić information content (AvgIpc) is 2.48. The third-order valence-corrected chi connectivity index (χ3v) is 3.30. The van der Waals surface area contributed by atoms with Gasteiger partial charge in [0.15, 0.2) is 0 Å². The molecule has 0 bridgehead atoms. The number of fused-ring (bicyclic) bond motifs is 1. The van der Waals surface area contributed by atoms with Crippen LogP contribution in [0.1, 0.15) is 31.9 Å². The molecule has 3 nitrogen and oxygen atoms in total. The van der Waals surface area contributed by atoms with Gasteiger partial charge >= 0.3 is 5.97 Å². The summed E-state index contributed by atoms with van der Waals surface area (Å²) < 4.78 is 0. The molecule has 1 N–H and O–H groups in total. The molecule has 88 valence electrons. The summed E-state index contributed by atoms with van der Waals surface area (Å²) in [6, 6.07) is 5.83. The van der Waals surface area contributed by atoms with Gasteiger partial charge in [-0.3, -0.25) is 4.99 Å². The lowest BCUT2D eigenvalue weighted by atomic mass is 9.81. The summed E-state index contributed by atoms with van der Waals surface area (Å²) >= 11 is 0. The minimum absolute atomic E-state index is 0.0671. The van der Waals surface area contributed by atoms with Gasteiger partial charge in [-0.1, -0.05) is 19.9 Å². The van der Waals surface area contributed by atoms with Crippen LogP contribution in [0.15, 0.2) is 29.3 Å². The first kappa shape index (κ1) is 11.6. The molecule has 0 radical (unpaired) electrons. The lowest BCUT2D eigenvalue weighted by Gasteiger charge is -2.20. The van der Waals surface area contributed by atoms with E-state index in [1.165, 1.54) is 0 Å². The molecule has 1 aromatic rings. The van der Waals surface area contributed by atoms with Crippen LogP contribution in [0.2, 0.25) is 0 Å². The molecule has 1 heterocycles. The highest BCUT2D eigenvalue weighted by Gasteiger charge is 2.31. The number of aliphatic carboxylic acids is 1. The largest absolute Gasteiger partial charge is 0.478 e. The van der Waals surface area contributed by atoms with E-state index < -0.39 is 5.97 Å². The molecule has 1 aliphatic heterocycles. The van der Waals surface area contributed by atoms with Crippen molar-refractivity contribution in [3.8, 4) is 0 Å². The zero-order valence-electron chi connectivity index (χ0n) is 10.2. The van der Waals surface area contributed by atoms with Gasteiger partial charge in [0.2, 0.25) is 0 Å². The topological polar surface area (TPSA) is 49.7 Å². The minimum Gasteiger partial charge on any atom is -0.478 e. The van der Waals surface area contributed by atoms with Crippen molar-refractivity contribution in [2.75, 3.05) is 0 Å². The van der Waals surface area contributed by atoms with E-state index in [0.717, 1.165) is 28.6 Å². The summed E-state index contributed by atoms with van der Waals surface area (Å²) in [5.41, 5.74) is 4.06. The normalized spacial score (nSPS) is 17.0. The Morgan fingerprint density at radius 2 is 2.12 bits per heavy atom. The van der Waals surface area contributed by atoms with Crippen molar-refractivity contribution in [1.82, 2.24) is 0 Å². The molecule has 1 aliphatic rings. The highest BCUT2D eigenvalue weighted by molar-refractivity contribution is 5.99. The molecule has 0 aromatic heterocycles. The van der Waals surface area contributed by atoms with Crippen LogP contribution in [0.3, 0.4) is 0 Å². The fraction of sp³-hybridized carbons (Fsp3) is 0.286. The van der Waals surface area contributed by atoms with Crippen LogP contribution in [0.25, 0.3) is 6.08 Å². The van der Waals surface area contributed by atoms with E-state index >= 15 is 0 Å². The Morgan fingerprint density at radius 1 is 1.41 bits per heavy atom. The average molecular weight is 229 g/mol. The molecule has 0 atom stereocenters. The van der Waals surface area contributed by atoms with Crippen LogP contribution >= 0.6 is 0 Å². The van der Waals surface area contributed by atoms with Crippen molar-refractivity contribution in [3.05, 3.63) is 35.4 Å². The maximum Gasteiger partial charge on any atom is 0.328 e. The van der Waals surface area contributed by atoms with E-state index in [9.17, 15) is 4.79 Å². The first-order valence-corrected chi connectivity index (χ1v) is 5.52. The van der Waals surface area contributed by atoms with Gasteiger partial charge in [0.05, 0.1) is 5.69 Å². The molecule has 3 heteroatoms. The first-order chi connectivity index (χ1) is 7.91. The maximum atomic E-state index is 10.5. The van der Waals surface area contributed by atoms with Crippen molar-refractivity contribution < 1.29 is 9.90 Å². The van der Waals surface area contributed by atoms with Crippen molar-refractivity contribution in [2.45, 2.75) is 26.2 Å². The van der Waals surface area contributed by atoms with E-state index in [1.54, 1.807) is 6.08 Å². The van der Waals surface area contributed by atoms with Crippen LogP contribution in [0, 0.1) is 0 Å². The third kappa shape index (κ3) is 2.00. The second-order valence-corrected chi connectivity index (χ2v) is 4.77. The summed E-state index contributed by atoms with van der Waals surface area (Å²) in [4.78, 5) is 15.0. The van der Waals surface area contributed by atoms with E-state index in [0.29, 0.717) is 0 Å². The number of carboxylic acids is 1. The fourth-order valence-corrected chi connectivity index (χ4v) is 1.94. The molecule has 0 unspecified atom stereocenters. The zero-order valence-corrected chi connectivity index (χ0v) is 10.2. The summed E-state index contributed by atoms with van der Waals surface area (Å²) in [7, 11) is 0. The fourth-order valence-electron chi connectivity index (χ4n) is 1.94. The minimum atomic E-state index is -0.933. The van der Waals surface area contributed by atoms with Gasteiger partial charge in [0, 0.05) is 17.2 Å². The quantitative estimate of drug-likeness (QED) is 0.792. The number of carboxylic acid groups (broad SMARTS) is 1. The van der Waals surface area contributed by atoms with E-state index in [1.807, 2.05) is 25.1 Å². The van der Waals surface area contributed by atoms with Crippen molar-refractivity contribution in [2.24, 2.45) is 4.99 Å². The van der Waals surface area contributed by atoms with E-state index in [4.69, 9.17) is 5.11 Å².